The van der Waals surface area contributed by atoms with E-state index in [1.807, 2.05) is 19.1 Å². The third-order valence-electron chi connectivity index (χ3n) is 3.18. The molecule has 0 bridgehead atoms. The average Bonchev–Trinajstić information content (AvgIpc) is 2.30. The Bertz CT molecular complexity index is 428. The van der Waals surface area contributed by atoms with Gasteiger partial charge in [-0.2, -0.15) is 0 Å². The van der Waals surface area contributed by atoms with Crippen molar-refractivity contribution in [1.82, 2.24) is 0 Å². The minimum absolute atomic E-state index is 0.00500. The highest BCUT2D eigenvalue weighted by Crippen LogP contribution is 2.32. The normalized spacial score (nSPS) is 13.1. The zero-order valence-electron chi connectivity index (χ0n) is 11.3. The summed E-state index contributed by atoms with van der Waals surface area (Å²) in [5, 5.41) is 0. The lowest BCUT2D eigenvalue weighted by atomic mass is 9.77. The van der Waals surface area contributed by atoms with Crippen LogP contribution in [0.5, 0.6) is 0 Å². The van der Waals surface area contributed by atoms with Crippen LogP contribution in [0.1, 0.15) is 31.9 Å². The second kappa shape index (κ2) is 5.67. The van der Waals surface area contributed by atoms with E-state index in [0.29, 0.717) is 0 Å². The minimum atomic E-state index is -0.00500. The van der Waals surface area contributed by atoms with Crippen molar-refractivity contribution in [2.45, 2.75) is 33.1 Å². The van der Waals surface area contributed by atoms with E-state index < -0.39 is 0 Å². The fourth-order valence-electron chi connectivity index (χ4n) is 1.87. The molecule has 0 radical (unpaired) electrons. The molecule has 1 aromatic rings. The zero-order valence-corrected chi connectivity index (χ0v) is 11.3. The van der Waals surface area contributed by atoms with Gasteiger partial charge in [-0.15, -0.1) is 0 Å². The molecule has 0 heteroatoms. The summed E-state index contributed by atoms with van der Waals surface area (Å²) in [6.07, 6.45) is 8.17. The smallest absolute Gasteiger partial charge is 0.0146 e. The van der Waals surface area contributed by atoms with Crippen molar-refractivity contribution in [1.29, 1.82) is 0 Å². The van der Waals surface area contributed by atoms with Gasteiger partial charge in [0.1, 0.15) is 0 Å². The first-order chi connectivity index (χ1) is 8.02. The van der Waals surface area contributed by atoms with E-state index in [0.717, 1.165) is 0 Å². The Morgan fingerprint density at radius 2 is 1.76 bits per heavy atom. The van der Waals surface area contributed by atoms with Gasteiger partial charge in [-0.25, -0.2) is 0 Å². The first kappa shape index (κ1) is 13.5. The molecule has 0 aliphatic heterocycles. The van der Waals surface area contributed by atoms with Gasteiger partial charge >= 0.3 is 0 Å². The number of aryl methyl sites for hydroxylation is 1. The van der Waals surface area contributed by atoms with Crippen LogP contribution in [0.2, 0.25) is 0 Å². The maximum absolute atomic E-state index is 3.92. The van der Waals surface area contributed by atoms with Crippen LogP contribution in [0.25, 0.3) is 0 Å². The predicted molar refractivity (Wildman–Crippen MR) is 77.3 cm³/mol. The van der Waals surface area contributed by atoms with E-state index in [1.165, 1.54) is 16.7 Å². The van der Waals surface area contributed by atoms with Crippen molar-refractivity contribution in [3.63, 3.8) is 0 Å². The molecule has 0 nitrogen and oxygen atoms in total. The van der Waals surface area contributed by atoms with Gasteiger partial charge in [-0.3, -0.25) is 0 Å². The topological polar surface area (TPSA) is 0 Å². The lowest BCUT2D eigenvalue weighted by molar-refractivity contribution is 0.639. The van der Waals surface area contributed by atoms with Crippen molar-refractivity contribution in [2.24, 2.45) is 0 Å². The van der Waals surface area contributed by atoms with Gasteiger partial charge in [-0.05, 0) is 25.0 Å². The molecular formula is C17H22. The maximum atomic E-state index is 3.92. The quantitative estimate of drug-likeness (QED) is 0.636. The predicted octanol–water partition coefficient (Wildman–Crippen LogP) is 4.96. The molecule has 90 valence electrons. The summed E-state index contributed by atoms with van der Waals surface area (Å²) in [6.45, 7) is 12.5. The van der Waals surface area contributed by atoms with E-state index in [9.17, 15) is 0 Å². The van der Waals surface area contributed by atoms with Gasteiger partial charge in [-0.1, -0.05) is 74.6 Å². The first-order valence-corrected chi connectivity index (χ1v) is 6.05. The molecule has 0 saturated carbocycles. The summed E-state index contributed by atoms with van der Waals surface area (Å²) in [7, 11) is 0. The van der Waals surface area contributed by atoms with Crippen LogP contribution in [0.15, 0.2) is 60.7 Å². The molecule has 0 N–H and O–H groups in total. The number of hydrogen-bond donors (Lipinski definition) is 0. The third-order valence-corrected chi connectivity index (χ3v) is 3.18. The molecule has 0 fully saturated rings. The van der Waals surface area contributed by atoms with E-state index in [4.69, 9.17) is 0 Å². The van der Waals surface area contributed by atoms with Crippen LogP contribution >= 0.6 is 0 Å². The molecule has 0 amide bonds. The van der Waals surface area contributed by atoms with Gasteiger partial charge in [0, 0.05) is 5.41 Å². The summed E-state index contributed by atoms with van der Waals surface area (Å²) in [5.41, 5.74) is 3.84. The molecule has 17 heavy (non-hydrogen) atoms. The second-order valence-electron chi connectivity index (χ2n) is 4.84. The molecule has 0 aromatic heterocycles. The Balaban J connectivity index is 3.16. The third kappa shape index (κ3) is 3.20. The summed E-state index contributed by atoms with van der Waals surface area (Å²) in [4.78, 5) is 0. The van der Waals surface area contributed by atoms with E-state index in [1.54, 1.807) is 0 Å². The number of allylic oxidation sites excluding steroid dienone is 5. The molecule has 0 aliphatic carbocycles. The van der Waals surface area contributed by atoms with Crippen LogP contribution in [0.3, 0.4) is 0 Å². The highest BCUT2D eigenvalue weighted by molar-refractivity contribution is 5.41. The maximum Gasteiger partial charge on any atom is 0.0146 e. The Kier molecular flexibility index (Phi) is 4.51. The van der Waals surface area contributed by atoms with Crippen LogP contribution in [0.4, 0.5) is 0 Å². The van der Waals surface area contributed by atoms with Crippen molar-refractivity contribution in [2.75, 3.05) is 0 Å². The summed E-state index contributed by atoms with van der Waals surface area (Å²) in [6, 6.07) is 8.71. The standard InChI is InChI=1S/C17H22/c1-6-8-9-15(7-2)17(4,5)16-12-10-14(3)11-13-16/h6-13H,2H2,1,3-5H3/b8-6-,15-9+. The Labute approximate surface area is 105 Å². The molecule has 1 rings (SSSR count). The van der Waals surface area contributed by atoms with Gasteiger partial charge < -0.3 is 0 Å². The number of benzene rings is 1. The fraction of sp³-hybridized carbons (Fsp3) is 0.294. The van der Waals surface area contributed by atoms with Crippen LogP contribution < -0.4 is 0 Å². The van der Waals surface area contributed by atoms with Crippen molar-refractivity contribution >= 4 is 0 Å². The monoisotopic (exact) mass is 226 g/mol. The lowest BCUT2D eigenvalue weighted by Crippen LogP contribution is -2.19. The van der Waals surface area contributed by atoms with Gasteiger partial charge in [0.05, 0.1) is 0 Å². The molecule has 0 unspecified atom stereocenters. The molecule has 0 aliphatic rings. The summed E-state index contributed by atoms with van der Waals surface area (Å²) < 4.78 is 0. The van der Waals surface area contributed by atoms with Crippen molar-refractivity contribution < 1.29 is 0 Å². The molecule has 0 atom stereocenters. The lowest BCUT2D eigenvalue weighted by Gasteiger charge is -2.27. The van der Waals surface area contributed by atoms with E-state index in [2.05, 4.69) is 63.8 Å². The van der Waals surface area contributed by atoms with Gasteiger partial charge in [0.15, 0.2) is 0 Å². The summed E-state index contributed by atoms with van der Waals surface area (Å²) >= 11 is 0. The molecule has 1 aromatic carbocycles. The van der Waals surface area contributed by atoms with Gasteiger partial charge in [0.2, 0.25) is 0 Å². The Morgan fingerprint density at radius 3 is 2.24 bits per heavy atom. The SMILES string of the molecule is C=C/C(=C\C=C/C)C(C)(C)c1ccc(C)cc1. The van der Waals surface area contributed by atoms with Crippen LogP contribution in [0, 0.1) is 6.92 Å². The molecule has 0 heterocycles. The largest absolute Gasteiger partial charge is 0.0988 e. The fourth-order valence-corrected chi connectivity index (χ4v) is 1.87. The highest BCUT2D eigenvalue weighted by atomic mass is 14.3. The Morgan fingerprint density at radius 1 is 1.18 bits per heavy atom. The number of rotatable bonds is 4. The van der Waals surface area contributed by atoms with Crippen molar-refractivity contribution in [3.05, 3.63) is 71.8 Å². The minimum Gasteiger partial charge on any atom is -0.0988 e. The summed E-state index contributed by atoms with van der Waals surface area (Å²) in [5.74, 6) is 0. The van der Waals surface area contributed by atoms with Crippen molar-refractivity contribution in [3.8, 4) is 0 Å². The van der Waals surface area contributed by atoms with E-state index >= 15 is 0 Å². The molecular weight excluding hydrogens is 204 g/mol. The molecule has 0 spiro atoms. The first-order valence-electron chi connectivity index (χ1n) is 6.05. The average molecular weight is 226 g/mol. The number of hydrogen-bond acceptors (Lipinski definition) is 0. The van der Waals surface area contributed by atoms with Crippen LogP contribution in [-0.4, -0.2) is 0 Å². The highest BCUT2D eigenvalue weighted by Gasteiger charge is 2.22. The molecule has 0 saturated heterocycles. The second-order valence-corrected chi connectivity index (χ2v) is 4.84. The van der Waals surface area contributed by atoms with Gasteiger partial charge in [0.25, 0.3) is 0 Å². The zero-order chi connectivity index (χ0) is 12.9. The van der Waals surface area contributed by atoms with E-state index in [-0.39, 0.29) is 5.41 Å². The van der Waals surface area contributed by atoms with Crippen LogP contribution in [-0.2, 0) is 5.41 Å². The Hall–Kier alpha value is -1.56.